The lowest BCUT2D eigenvalue weighted by Gasteiger charge is -2.30. The molecular weight excluding hydrogens is 488 g/mol. The number of carbonyl (C=O) groups excluding carboxylic acids is 1. The number of phenols is 1. The number of nitrogens with zero attached hydrogens (tertiary/aromatic N) is 3. The van der Waals surface area contributed by atoms with E-state index in [1.165, 1.54) is 23.7 Å². The third kappa shape index (κ3) is 5.61. The van der Waals surface area contributed by atoms with Crippen LogP contribution in [0.2, 0.25) is 0 Å². The fourth-order valence-electron chi connectivity index (χ4n) is 4.86. The van der Waals surface area contributed by atoms with E-state index in [-0.39, 0.29) is 17.8 Å². The van der Waals surface area contributed by atoms with Crippen molar-refractivity contribution in [2.24, 2.45) is 0 Å². The molecule has 5 rings (SSSR count). The summed E-state index contributed by atoms with van der Waals surface area (Å²) in [6, 6.07) is 14.7. The van der Waals surface area contributed by atoms with Gasteiger partial charge in [0.25, 0.3) is 0 Å². The second-order valence-corrected chi connectivity index (χ2v) is 10.3. The lowest BCUT2D eigenvalue weighted by Crippen LogP contribution is -2.32. The SMILES string of the molecule is CCOc1cc(C2C(C(=O)OC3CCCCC3)=C(C)Nc3nc(SCc4ccccc4)nn32)ccc1O. The van der Waals surface area contributed by atoms with E-state index in [1.807, 2.05) is 32.0 Å². The van der Waals surface area contributed by atoms with Crippen molar-refractivity contribution in [3.05, 3.63) is 70.9 Å². The molecule has 2 aromatic carbocycles. The molecule has 1 fully saturated rings. The Morgan fingerprint density at radius 2 is 1.95 bits per heavy atom. The van der Waals surface area contributed by atoms with E-state index < -0.39 is 6.04 Å². The van der Waals surface area contributed by atoms with Gasteiger partial charge < -0.3 is 19.9 Å². The van der Waals surface area contributed by atoms with Gasteiger partial charge in [0.2, 0.25) is 11.1 Å². The molecule has 8 nitrogen and oxygen atoms in total. The summed E-state index contributed by atoms with van der Waals surface area (Å²) < 4.78 is 13.4. The van der Waals surface area contributed by atoms with Crippen LogP contribution >= 0.6 is 11.8 Å². The van der Waals surface area contributed by atoms with Crippen molar-refractivity contribution in [1.82, 2.24) is 14.8 Å². The van der Waals surface area contributed by atoms with Gasteiger partial charge in [-0.1, -0.05) is 54.6 Å². The second kappa shape index (κ2) is 11.3. The fraction of sp³-hybridized carbons (Fsp3) is 0.393. The number of anilines is 1. The Labute approximate surface area is 221 Å². The summed E-state index contributed by atoms with van der Waals surface area (Å²) in [5, 5.41) is 19.0. The molecule has 1 aromatic heterocycles. The standard InChI is InChI=1S/C28H32N4O4S/c1-3-35-23-16-20(14-15-22(23)33)25-24(26(34)36-21-12-8-5-9-13-21)18(2)29-27-30-28(31-32(25)27)37-17-19-10-6-4-7-11-19/h4,6-7,10-11,14-16,21,25,33H,3,5,8-9,12-13,17H2,1-2H3,(H,29,30,31). The van der Waals surface area contributed by atoms with Gasteiger partial charge in [0.1, 0.15) is 12.1 Å². The van der Waals surface area contributed by atoms with Gasteiger partial charge in [0.05, 0.1) is 12.2 Å². The Morgan fingerprint density at radius 3 is 2.70 bits per heavy atom. The van der Waals surface area contributed by atoms with Crippen LogP contribution in [-0.2, 0) is 15.3 Å². The number of hydrogen-bond donors (Lipinski definition) is 2. The molecule has 194 valence electrons. The molecule has 1 saturated carbocycles. The number of esters is 1. The van der Waals surface area contributed by atoms with Crippen molar-refractivity contribution in [3.8, 4) is 11.5 Å². The lowest BCUT2D eigenvalue weighted by atomic mass is 9.94. The summed E-state index contributed by atoms with van der Waals surface area (Å²) in [6.45, 7) is 4.13. The molecule has 9 heteroatoms. The predicted octanol–water partition coefficient (Wildman–Crippen LogP) is 5.84. The Bertz CT molecular complexity index is 1280. The Morgan fingerprint density at radius 1 is 1.16 bits per heavy atom. The molecule has 2 aliphatic rings. The average Bonchev–Trinajstić information content (AvgIpc) is 3.31. The van der Waals surface area contributed by atoms with Crippen LogP contribution in [0.25, 0.3) is 0 Å². The number of ether oxygens (including phenoxy) is 2. The number of aromatic hydroxyl groups is 1. The maximum Gasteiger partial charge on any atom is 0.338 e. The predicted molar refractivity (Wildman–Crippen MR) is 143 cm³/mol. The van der Waals surface area contributed by atoms with E-state index in [2.05, 4.69) is 17.4 Å². The summed E-state index contributed by atoms with van der Waals surface area (Å²) in [7, 11) is 0. The van der Waals surface area contributed by atoms with Crippen molar-refractivity contribution in [1.29, 1.82) is 0 Å². The van der Waals surface area contributed by atoms with Gasteiger partial charge in [-0.25, -0.2) is 9.48 Å². The molecule has 0 saturated heterocycles. The van der Waals surface area contributed by atoms with E-state index in [0.29, 0.717) is 34.7 Å². The first-order valence-electron chi connectivity index (χ1n) is 12.8. The summed E-state index contributed by atoms with van der Waals surface area (Å²) in [5.41, 5.74) is 3.09. The van der Waals surface area contributed by atoms with Gasteiger partial charge in [0, 0.05) is 11.4 Å². The molecule has 3 aromatic rings. The van der Waals surface area contributed by atoms with Crippen LogP contribution in [0, 0.1) is 0 Å². The zero-order chi connectivity index (χ0) is 25.8. The molecule has 1 aliphatic carbocycles. The van der Waals surface area contributed by atoms with Crippen molar-refractivity contribution >= 4 is 23.7 Å². The van der Waals surface area contributed by atoms with Gasteiger partial charge in [-0.3, -0.25) is 0 Å². The molecule has 1 aliphatic heterocycles. The van der Waals surface area contributed by atoms with Gasteiger partial charge >= 0.3 is 5.97 Å². The largest absolute Gasteiger partial charge is 0.504 e. The smallest absolute Gasteiger partial charge is 0.338 e. The molecule has 2 N–H and O–H groups in total. The number of benzene rings is 2. The first-order chi connectivity index (χ1) is 18.0. The number of thioether (sulfide) groups is 1. The van der Waals surface area contributed by atoms with Crippen molar-refractivity contribution in [2.75, 3.05) is 11.9 Å². The van der Waals surface area contributed by atoms with Crippen LogP contribution in [0.3, 0.4) is 0 Å². The summed E-state index contributed by atoms with van der Waals surface area (Å²) in [4.78, 5) is 18.3. The van der Waals surface area contributed by atoms with E-state index in [4.69, 9.17) is 19.6 Å². The third-order valence-electron chi connectivity index (χ3n) is 6.69. The zero-order valence-corrected chi connectivity index (χ0v) is 22.0. The highest BCUT2D eigenvalue weighted by Crippen LogP contribution is 2.40. The van der Waals surface area contributed by atoms with Crippen LogP contribution in [0.1, 0.15) is 63.1 Å². The van der Waals surface area contributed by atoms with Crippen molar-refractivity contribution in [3.63, 3.8) is 0 Å². The van der Waals surface area contributed by atoms with E-state index >= 15 is 0 Å². The van der Waals surface area contributed by atoms with Crippen LogP contribution in [0.4, 0.5) is 5.95 Å². The van der Waals surface area contributed by atoms with Gasteiger partial charge in [-0.2, -0.15) is 4.98 Å². The Balaban J connectivity index is 1.50. The van der Waals surface area contributed by atoms with Crippen molar-refractivity contribution in [2.45, 2.75) is 69.0 Å². The minimum atomic E-state index is -0.578. The summed E-state index contributed by atoms with van der Waals surface area (Å²) >= 11 is 1.53. The Hall–Kier alpha value is -3.46. The number of allylic oxidation sites excluding steroid dienone is 1. The highest BCUT2D eigenvalue weighted by molar-refractivity contribution is 7.98. The number of phenolic OH excluding ortho intramolecular Hbond substituents is 1. The fourth-order valence-corrected chi connectivity index (χ4v) is 5.64. The minimum Gasteiger partial charge on any atom is -0.504 e. The molecule has 0 bridgehead atoms. The number of nitrogens with one attached hydrogen (secondary N) is 1. The first-order valence-corrected chi connectivity index (χ1v) is 13.8. The Kier molecular flexibility index (Phi) is 7.69. The number of aromatic nitrogens is 3. The summed E-state index contributed by atoms with van der Waals surface area (Å²) in [6.07, 6.45) is 5.03. The van der Waals surface area contributed by atoms with Gasteiger partial charge in [-0.05, 0) is 62.8 Å². The maximum absolute atomic E-state index is 13.6. The molecule has 0 spiro atoms. The van der Waals surface area contributed by atoms with Crippen molar-refractivity contribution < 1.29 is 19.4 Å². The topological polar surface area (TPSA) is 98.5 Å². The average molecular weight is 521 g/mol. The van der Waals surface area contributed by atoms with Crippen LogP contribution < -0.4 is 10.1 Å². The zero-order valence-electron chi connectivity index (χ0n) is 21.1. The molecule has 0 radical (unpaired) electrons. The quantitative estimate of drug-likeness (QED) is 0.282. The highest BCUT2D eigenvalue weighted by atomic mass is 32.2. The second-order valence-electron chi connectivity index (χ2n) is 9.33. The van der Waals surface area contributed by atoms with Gasteiger partial charge in [0.15, 0.2) is 11.5 Å². The molecule has 1 atom stereocenters. The number of rotatable bonds is 8. The van der Waals surface area contributed by atoms with E-state index in [0.717, 1.165) is 37.0 Å². The number of fused-ring (bicyclic) bond motifs is 1. The maximum atomic E-state index is 13.6. The van der Waals surface area contributed by atoms with Crippen LogP contribution in [-0.4, -0.2) is 38.6 Å². The third-order valence-corrected chi connectivity index (χ3v) is 7.60. The minimum absolute atomic E-state index is 0.0458. The number of hydrogen-bond acceptors (Lipinski definition) is 8. The van der Waals surface area contributed by atoms with E-state index in [9.17, 15) is 9.90 Å². The number of carbonyl (C=O) groups is 1. The molecule has 0 amide bonds. The van der Waals surface area contributed by atoms with Gasteiger partial charge in [-0.15, -0.1) is 5.10 Å². The lowest BCUT2D eigenvalue weighted by molar-refractivity contribution is -0.146. The molecule has 1 unspecified atom stereocenters. The molecule has 2 heterocycles. The van der Waals surface area contributed by atoms with Crippen LogP contribution in [0.5, 0.6) is 11.5 Å². The highest BCUT2D eigenvalue weighted by Gasteiger charge is 2.36. The van der Waals surface area contributed by atoms with Crippen LogP contribution in [0.15, 0.2) is 65.0 Å². The monoisotopic (exact) mass is 520 g/mol. The molecular formula is C28H32N4O4S. The van der Waals surface area contributed by atoms with E-state index in [1.54, 1.807) is 22.9 Å². The summed E-state index contributed by atoms with van der Waals surface area (Å²) in [5.74, 6) is 1.33. The normalized spacial score (nSPS) is 17.7. The first kappa shape index (κ1) is 25.2. The molecule has 37 heavy (non-hydrogen) atoms.